The van der Waals surface area contributed by atoms with Crippen molar-refractivity contribution in [2.24, 2.45) is 0 Å². The van der Waals surface area contributed by atoms with E-state index in [4.69, 9.17) is 4.98 Å². The van der Waals surface area contributed by atoms with Crippen LogP contribution in [0.1, 0.15) is 0 Å². The Bertz CT molecular complexity index is 1070. The van der Waals surface area contributed by atoms with Crippen LogP contribution in [0.4, 0.5) is 0 Å². The van der Waals surface area contributed by atoms with Crippen LogP contribution in [0.25, 0.3) is 43.9 Å². The molecule has 5 nitrogen and oxygen atoms in total. The van der Waals surface area contributed by atoms with E-state index in [-0.39, 0.29) is 0 Å². The van der Waals surface area contributed by atoms with E-state index in [9.17, 15) is 0 Å². The molecule has 0 unspecified atom stereocenters. The monoisotopic (exact) mass is 283 g/mol. The third-order valence-corrected chi connectivity index (χ3v) is 4.45. The normalized spacial score (nSPS) is 12.2. The minimum absolute atomic E-state index is 0.864. The lowest BCUT2D eigenvalue weighted by atomic mass is 10.1. The van der Waals surface area contributed by atoms with Gasteiger partial charge < -0.3 is 0 Å². The molecule has 3 aromatic heterocycles. The average molecular weight is 283 g/mol. The fourth-order valence-electron chi connectivity index (χ4n) is 2.55. The Kier molecular flexibility index (Phi) is 1.67. The smallest absolute Gasteiger partial charge is 0.134 e. The third kappa shape index (κ3) is 1.09. The number of aromatic amines is 1. The first-order valence-corrected chi connectivity index (χ1v) is 7.20. The maximum atomic E-state index is 4.72. The van der Waals surface area contributed by atoms with E-state index in [2.05, 4.69) is 23.6 Å². The fourth-order valence-corrected chi connectivity index (χ4v) is 3.70. The highest BCUT2D eigenvalue weighted by Crippen LogP contribution is 2.36. The summed E-state index contributed by atoms with van der Waals surface area (Å²) in [6, 6.07) is 8.12. The predicted octanol–water partition coefficient (Wildman–Crippen LogP) is 3.33. The molecule has 0 radical (unpaired) electrons. The topological polar surface area (TPSA) is 67.3 Å². The first kappa shape index (κ1) is 9.76. The first-order chi connectivity index (χ1) is 9.43. The second-order valence-corrected chi connectivity index (χ2v) is 5.42. The van der Waals surface area contributed by atoms with Crippen LogP contribution < -0.4 is 0 Å². The van der Waals surface area contributed by atoms with Crippen LogP contribution in [0.5, 0.6) is 0 Å². The molecule has 19 heavy (non-hydrogen) atoms. The highest BCUT2D eigenvalue weighted by Gasteiger charge is 2.18. The number of H-pyrrole nitrogens is 1. The van der Waals surface area contributed by atoms with Gasteiger partial charge in [-0.3, -0.25) is 4.37 Å². The lowest BCUT2D eigenvalue weighted by Gasteiger charge is -1.93. The third-order valence-electron chi connectivity index (χ3n) is 3.35. The second kappa shape index (κ2) is 3.25. The molecule has 0 fully saturated rings. The number of hydrogen-bond donors (Lipinski definition) is 1. The number of benzene rings is 2. The van der Waals surface area contributed by atoms with Crippen molar-refractivity contribution in [3.63, 3.8) is 0 Å². The number of fused-ring (bicyclic) bond motifs is 8. The van der Waals surface area contributed by atoms with Gasteiger partial charge in [0.1, 0.15) is 27.6 Å². The van der Waals surface area contributed by atoms with Gasteiger partial charge in [-0.25, -0.2) is 4.98 Å². The van der Waals surface area contributed by atoms with Crippen LogP contribution in [0.3, 0.4) is 0 Å². The van der Waals surface area contributed by atoms with Crippen LogP contribution in [0.2, 0.25) is 0 Å². The number of rotatable bonds is 0. The minimum Gasteiger partial charge on any atom is -0.291 e. The van der Waals surface area contributed by atoms with Gasteiger partial charge in [-0.2, -0.15) is 13.1 Å². The van der Waals surface area contributed by atoms with E-state index in [1.165, 1.54) is 23.5 Å². The quantitative estimate of drug-likeness (QED) is 0.473. The van der Waals surface area contributed by atoms with E-state index in [0.29, 0.717) is 0 Å². The Morgan fingerprint density at radius 1 is 0.895 bits per heavy atom. The van der Waals surface area contributed by atoms with Crippen molar-refractivity contribution in [2.75, 3.05) is 0 Å². The average Bonchev–Trinajstić information content (AvgIpc) is 3.14. The SMILES string of the molecule is c1ccc2c(c1)nc1c3[nH]snc3c3nsnc3c21. The minimum atomic E-state index is 0.864. The van der Waals surface area contributed by atoms with Crippen LogP contribution in [-0.4, -0.2) is 22.5 Å². The van der Waals surface area contributed by atoms with Gasteiger partial charge in [0, 0.05) is 22.5 Å². The molecule has 0 bridgehead atoms. The highest BCUT2D eigenvalue weighted by atomic mass is 32.1. The zero-order valence-electron chi connectivity index (χ0n) is 9.41. The molecule has 0 amide bonds. The van der Waals surface area contributed by atoms with Crippen molar-refractivity contribution in [3.8, 4) is 0 Å². The molecule has 90 valence electrons. The molecule has 0 saturated heterocycles. The summed E-state index contributed by atoms with van der Waals surface area (Å²) in [5.41, 5.74) is 5.51. The summed E-state index contributed by atoms with van der Waals surface area (Å²) in [5, 5.41) is 2.19. The molecule has 5 rings (SSSR count). The van der Waals surface area contributed by atoms with Crippen LogP contribution in [0.15, 0.2) is 24.3 Å². The van der Waals surface area contributed by atoms with Crippen molar-refractivity contribution in [2.45, 2.75) is 0 Å². The van der Waals surface area contributed by atoms with Gasteiger partial charge in [0.2, 0.25) is 0 Å². The Hall–Kier alpha value is -2.12. The van der Waals surface area contributed by atoms with Gasteiger partial charge in [-0.15, -0.1) is 0 Å². The lowest BCUT2D eigenvalue weighted by Crippen LogP contribution is -1.78. The number of nitrogens with zero attached hydrogens (tertiary/aromatic N) is 4. The van der Waals surface area contributed by atoms with E-state index in [1.54, 1.807) is 0 Å². The number of aromatic nitrogens is 5. The summed E-state index contributed by atoms with van der Waals surface area (Å²) in [5.74, 6) is 0. The fraction of sp³-hybridized carbons (Fsp3) is 0. The standard InChI is InChI=1S/C12H5N5S2/c1-2-4-6-5(3-1)7-8(13-6)10-12(17-19-15-10)11-9(7)14-18-16-11/h1-4,15H. The van der Waals surface area contributed by atoms with Crippen molar-refractivity contribution in [3.05, 3.63) is 24.3 Å². The van der Waals surface area contributed by atoms with Crippen molar-refractivity contribution in [1.82, 2.24) is 22.5 Å². The zero-order valence-corrected chi connectivity index (χ0v) is 11.0. The van der Waals surface area contributed by atoms with Gasteiger partial charge in [-0.1, -0.05) is 18.2 Å². The Labute approximate surface area is 114 Å². The summed E-state index contributed by atoms with van der Waals surface area (Å²) >= 11 is 2.54. The Balaban J connectivity index is 2.29. The maximum absolute atomic E-state index is 4.72. The number of nitrogens with one attached hydrogen (secondary N) is 1. The van der Waals surface area contributed by atoms with Crippen LogP contribution in [-0.2, 0) is 0 Å². The molecule has 7 heteroatoms. The van der Waals surface area contributed by atoms with E-state index in [0.717, 1.165) is 43.9 Å². The molecular formula is C12H5N5S2. The molecule has 0 aliphatic heterocycles. The number of hydrogen-bond acceptors (Lipinski definition) is 6. The zero-order chi connectivity index (χ0) is 12.4. The van der Waals surface area contributed by atoms with E-state index >= 15 is 0 Å². The molecule has 0 aliphatic rings. The molecule has 2 aromatic carbocycles. The molecule has 0 atom stereocenters. The van der Waals surface area contributed by atoms with Gasteiger partial charge in [0.05, 0.1) is 17.2 Å². The summed E-state index contributed by atoms with van der Waals surface area (Å²) < 4.78 is 16.4. The van der Waals surface area contributed by atoms with Gasteiger partial charge in [-0.05, 0) is 6.07 Å². The van der Waals surface area contributed by atoms with Crippen molar-refractivity contribution < 1.29 is 0 Å². The van der Waals surface area contributed by atoms with E-state index < -0.39 is 0 Å². The first-order valence-electron chi connectivity index (χ1n) is 5.70. The maximum Gasteiger partial charge on any atom is 0.134 e. The van der Waals surface area contributed by atoms with Gasteiger partial charge in [0.25, 0.3) is 0 Å². The van der Waals surface area contributed by atoms with Crippen molar-refractivity contribution >= 4 is 67.3 Å². The summed E-state index contributed by atoms with van der Waals surface area (Å²) in [6.07, 6.45) is 0. The summed E-state index contributed by atoms with van der Waals surface area (Å²) in [6.45, 7) is 0. The highest BCUT2D eigenvalue weighted by molar-refractivity contribution is 7.01. The predicted molar refractivity (Wildman–Crippen MR) is 77.8 cm³/mol. The van der Waals surface area contributed by atoms with E-state index in [1.807, 2.05) is 18.2 Å². The van der Waals surface area contributed by atoms with Gasteiger partial charge in [0.15, 0.2) is 0 Å². The number of para-hydroxylation sites is 1. The van der Waals surface area contributed by atoms with Crippen LogP contribution in [0, 0.1) is 0 Å². The largest absolute Gasteiger partial charge is 0.291 e. The molecular weight excluding hydrogens is 278 g/mol. The molecule has 5 aromatic rings. The second-order valence-electron chi connectivity index (χ2n) is 4.32. The molecule has 1 N–H and O–H groups in total. The molecule has 3 heterocycles. The van der Waals surface area contributed by atoms with Crippen LogP contribution >= 0.6 is 23.5 Å². The Morgan fingerprint density at radius 3 is 2.79 bits per heavy atom. The van der Waals surface area contributed by atoms with Gasteiger partial charge >= 0.3 is 0 Å². The molecule has 0 aliphatic carbocycles. The lowest BCUT2D eigenvalue weighted by molar-refractivity contribution is 1.54. The summed E-state index contributed by atoms with van der Waals surface area (Å²) in [7, 11) is 0. The Morgan fingerprint density at radius 2 is 1.79 bits per heavy atom. The molecule has 0 saturated carbocycles. The van der Waals surface area contributed by atoms with Crippen molar-refractivity contribution in [1.29, 1.82) is 0 Å². The summed E-state index contributed by atoms with van der Waals surface area (Å²) in [4.78, 5) is 4.72. The molecule has 0 spiro atoms.